The maximum absolute atomic E-state index is 13.9. The molecule has 2 unspecified atom stereocenters. The number of nitrogens with one attached hydrogen (secondary N) is 1. The van der Waals surface area contributed by atoms with Gasteiger partial charge in [-0.3, -0.25) is 0 Å². The van der Waals surface area contributed by atoms with Crippen LogP contribution in [-0.2, 0) is 6.42 Å². The Labute approximate surface area is 140 Å². The standard InChI is InChI=1S/C16H16F2INS/c1-9(16-11(17)4-2-5-12(16)18)20-13-6-3-7-14-10(13)8-15(19)21-14/h2,4-5,8-9,13,20H,3,6-7H2,1H3. The Morgan fingerprint density at radius 2 is 2.05 bits per heavy atom. The van der Waals surface area contributed by atoms with E-state index in [2.05, 4.69) is 34.0 Å². The molecule has 1 N–H and O–H groups in total. The summed E-state index contributed by atoms with van der Waals surface area (Å²) in [6.07, 6.45) is 3.25. The van der Waals surface area contributed by atoms with Gasteiger partial charge in [0.05, 0.1) is 2.88 Å². The van der Waals surface area contributed by atoms with Crippen LogP contribution in [0.1, 0.15) is 47.9 Å². The summed E-state index contributed by atoms with van der Waals surface area (Å²) in [4.78, 5) is 1.41. The summed E-state index contributed by atoms with van der Waals surface area (Å²) in [6, 6.07) is 6.07. The second kappa shape index (κ2) is 6.30. The van der Waals surface area contributed by atoms with Crippen molar-refractivity contribution in [2.45, 2.75) is 38.3 Å². The van der Waals surface area contributed by atoms with Crippen LogP contribution < -0.4 is 5.32 Å². The number of rotatable bonds is 3. The number of hydrogen-bond acceptors (Lipinski definition) is 2. The van der Waals surface area contributed by atoms with E-state index in [4.69, 9.17) is 0 Å². The smallest absolute Gasteiger partial charge is 0.130 e. The molecule has 3 rings (SSSR count). The zero-order valence-corrected chi connectivity index (χ0v) is 14.6. The Kier molecular flexibility index (Phi) is 4.61. The molecule has 0 bridgehead atoms. The van der Waals surface area contributed by atoms with Gasteiger partial charge in [-0.15, -0.1) is 11.3 Å². The molecule has 21 heavy (non-hydrogen) atoms. The summed E-state index contributed by atoms with van der Waals surface area (Å²) in [7, 11) is 0. The summed E-state index contributed by atoms with van der Waals surface area (Å²) in [5, 5.41) is 3.41. The number of fused-ring (bicyclic) bond motifs is 1. The van der Waals surface area contributed by atoms with Crippen molar-refractivity contribution in [3.8, 4) is 0 Å². The summed E-state index contributed by atoms with van der Waals surface area (Å²) in [5.74, 6) is -0.961. The lowest BCUT2D eigenvalue weighted by molar-refractivity contribution is 0.399. The molecular formula is C16H16F2INS. The predicted molar refractivity (Wildman–Crippen MR) is 90.6 cm³/mol. The van der Waals surface area contributed by atoms with E-state index in [1.54, 1.807) is 0 Å². The van der Waals surface area contributed by atoms with Crippen molar-refractivity contribution >= 4 is 33.9 Å². The van der Waals surface area contributed by atoms with Crippen molar-refractivity contribution in [2.75, 3.05) is 0 Å². The van der Waals surface area contributed by atoms with E-state index >= 15 is 0 Å². The van der Waals surface area contributed by atoms with E-state index in [1.807, 2.05) is 18.3 Å². The molecule has 0 saturated heterocycles. The first kappa shape index (κ1) is 15.4. The van der Waals surface area contributed by atoms with E-state index < -0.39 is 11.6 Å². The third-order valence-corrected chi connectivity index (χ3v) is 5.94. The highest BCUT2D eigenvalue weighted by Crippen LogP contribution is 2.37. The molecular weight excluding hydrogens is 403 g/mol. The van der Waals surface area contributed by atoms with Crippen molar-refractivity contribution in [3.05, 3.63) is 54.8 Å². The molecule has 112 valence electrons. The number of aryl methyl sites for hydroxylation is 1. The van der Waals surface area contributed by atoms with Crippen LogP contribution in [0.3, 0.4) is 0 Å². The number of hydrogen-bond donors (Lipinski definition) is 1. The number of benzene rings is 1. The van der Waals surface area contributed by atoms with E-state index in [1.165, 1.54) is 31.5 Å². The highest BCUT2D eigenvalue weighted by molar-refractivity contribution is 14.1. The van der Waals surface area contributed by atoms with Crippen LogP contribution in [0, 0.1) is 14.5 Å². The molecule has 2 atom stereocenters. The molecule has 5 heteroatoms. The average molecular weight is 419 g/mol. The maximum Gasteiger partial charge on any atom is 0.130 e. The molecule has 0 saturated carbocycles. The zero-order chi connectivity index (χ0) is 15.0. The Hall–Kier alpha value is -0.530. The van der Waals surface area contributed by atoms with Crippen molar-refractivity contribution in [2.24, 2.45) is 0 Å². The van der Waals surface area contributed by atoms with Gasteiger partial charge in [-0.05, 0) is 72.5 Å². The van der Waals surface area contributed by atoms with Crippen molar-refractivity contribution in [1.82, 2.24) is 5.32 Å². The third kappa shape index (κ3) is 3.14. The lowest BCUT2D eigenvalue weighted by Crippen LogP contribution is -2.28. The summed E-state index contributed by atoms with van der Waals surface area (Å²) >= 11 is 4.16. The molecule has 1 aromatic carbocycles. The monoisotopic (exact) mass is 419 g/mol. The predicted octanol–water partition coefficient (Wildman–Crippen LogP) is 5.36. The summed E-state index contributed by atoms with van der Waals surface area (Å²) in [6.45, 7) is 1.83. The third-order valence-electron chi connectivity index (χ3n) is 3.97. The first-order chi connectivity index (χ1) is 10.1. The second-order valence-electron chi connectivity index (χ2n) is 5.40. The number of thiophene rings is 1. The molecule has 0 radical (unpaired) electrons. The zero-order valence-electron chi connectivity index (χ0n) is 11.6. The minimum atomic E-state index is -0.481. The van der Waals surface area contributed by atoms with Gasteiger partial charge in [0.25, 0.3) is 0 Å². The van der Waals surface area contributed by atoms with Crippen LogP contribution in [-0.4, -0.2) is 0 Å². The first-order valence-corrected chi connectivity index (χ1v) is 8.94. The lowest BCUT2D eigenvalue weighted by atomic mass is 9.92. The van der Waals surface area contributed by atoms with Gasteiger partial charge < -0.3 is 5.32 Å². The quantitative estimate of drug-likeness (QED) is 0.661. The summed E-state index contributed by atoms with van der Waals surface area (Å²) in [5.41, 5.74) is 1.44. The molecule has 1 aliphatic rings. The molecule has 0 spiro atoms. The average Bonchev–Trinajstić information content (AvgIpc) is 2.80. The SMILES string of the molecule is CC(NC1CCCc2sc(I)cc21)c1c(F)cccc1F. The van der Waals surface area contributed by atoms with Gasteiger partial charge >= 0.3 is 0 Å². The second-order valence-corrected chi connectivity index (χ2v) is 8.43. The van der Waals surface area contributed by atoms with Crippen LogP contribution in [0.5, 0.6) is 0 Å². The highest BCUT2D eigenvalue weighted by atomic mass is 127. The van der Waals surface area contributed by atoms with Gasteiger partial charge in [-0.1, -0.05) is 6.07 Å². The van der Waals surface area contributed by atoms with Crippen LogP contribution in [0.15, 0.2) is 24.3 Å². The Morgan fingerprint density at radius 1 is 1.33 bits per heavy atom. The molecule has 1 aliphatic carbocycles. The Bertz CT molecular complexity index is 635. The molecule has 0 fully saturated rings. The molecule has 1 heterocycles. The van der Waals surface area contributed by atoms with Gasteiger partial charge in [0, 0.05) is 22.5 Å². The van der Waals surface area contributed by atoms with Gasteiger partial charge in [0.15, 0.2) is 0 Å². The van der Waals surface area contributed by atoms with Crippen molar-refractivity contribution in [1.29, 1.82) is 0 Å². The molecule has 0 aliphatic heterocycles. The molecule has 2 aromatic rings. The Morgan fingerprint density at radius 3 is 2.76 bits per heavy atom. The fourth-order valence-electron chi connectivity index (χ4n) is 3.00. The molecule has 0 amide bonds. The Balaban J connectivity index is 1.84. The summed E-state index contributed by atoms with van der Waals surface area (Å²) < 4.78 is 29.0. The van der Waals surface area contributed by atoms with Gasteiger partial charge in [-0.2, -0.15) is 0 Å². The minimum absolute atomic E-state index is 0.134. The normalized spacial score (nSPS) is 19.3. The fourth-order valence-corrected chi connectivity index (χ4v) is 5.12. The fraction of sp³-hybridized carbons (Fsp3) is 0.375. The van der Waals surface area contributed by atoms with Gasteiger partial charge in [0.1, 0.15) is 11.6 Å². The lowest BCUT2D eigenvalue weighted by Gasteiger charge is -2.27. The topological polar surface area (TPSA) is 12.0 Å². The molecule has 1 aromatic heterocycles. The minimum Gasteiger partial charge on any atom is -0.303 e. The highest BCUT2D eigenvalue weighted by Gasteiger charge is 2.25. The van der Waals surface area contributed by atoms with E-state index in [9.17, 15) is 8.78 Å². The van der Waals surface area contributed by atoms with Crippen LogP contribution >= 0.6 is 33.9 Å². The maximum atomic E-state index is 13.9. The van der Waals surface area contributed by atoms with Gasteiger partial charge in [0.2, 0.25) is 0 Å². The number of halogens is 3. The van der Waals surface area contributed by atoms with Crippen molar-refractivity contribution in [3.63, 3.8) is 0 Å². The van der Waals surface area contributed by atoms with E-state index in [0.29, 0.717) is 0 Å². The van der Waals surface area contributed by atoms with Crippen LogP contribution in [0.2, 0.25) is 0 Å². The van der Waals surface area contributed by atoms with E-state index in [0.717, 1.165) is 19.3 Å². The van der Waals surface area contributed by atoms with E-state index in [-0.39, 0.29) is 17.6 Å². The molecule has 1 nitrogen and oxygen atoms in total. The van der Waals surface area contributed by atoms with Crippen LogP contribution in [0.25, 0.3) is 0 Å². The largest absolute Gasteiger partial charge is 0.303 e. The first-order valence-electron chi connectivity index (χ1n) is 7.04. The van der Waals surface area contributed by atoms with Gasteiger partial charge in [-0.25, -0.2) is 8.78 Å². The van der Waals surface area contributed by atoms with Crippen molar-refractivity contribution < 1.29 is 8.78 Å². The van der Waals surface area contributed by atoms with Crippen LogP contribution in [0.4, 0.5) is 8.78 Å².